The molecule has 0 saturated carbocycles. The molecule has 0 aliphatic carbocycles. The van der Waals surface area contributed by atoms with Crippen molar-refractivity contribution in [1.82, 2.24) is 0 Å². The molecule has 0 heterocycles. The van der Waals surface area contributed by atoms with Crippen molar-refractivity contribution in [2.45, 2.75) is 302 Å². The molecule has 2 atom stereocenters. The minimum absolute atomic E-state index is 0.0350. The van der Waals surface area contributed by atoms with Crippen molar-refractivity contribution in [3.8, 4) is 0 Å². The average molecular weight is 1110 g/mol. The molecule has 0 amide bonds. The molecule has 0 aliphatic rings. The van der Waals surface area contributed by atoms with Crippen molar-refractivity contribution in [2.24, 2.45) is 0 Å². The molecule has 0 aromatic carbocycles. The van der Waals surface area contributed by atoms with Gasteiger partial charge >= 0.3 is 11.9 Å². The highest BCUT2D eigenvalue weighted by molar-refractivity contribution is 7.45. The van der Waals surface area contributed by atoms with Gasteiger partial charge in [0, 0.05) is 12.8 Å². The first-order valence-corrected chi connectivity index (χ1v) is 34.1. The second kappa shape index (κ2) is 59.1. The lowest BCUT2D eigenvalue weighted by Gasteiger charge is -2.28. The van der Waals surface area contributed by atoms with E-state index >= 15 is 0 Å². The number of phosphoric acid groups is 1. The highest BCUT2D eigenvalue weighted by Gasteiger charge is 2.22. The molecule has 0 rings (SSSR count). The Balaban J connectivity index is 4.07. The molecule has 9 nitrogen and oxygen atoms in total. The van der Waals surface area contributed by atoms with Crippen molar-refractivity contribution in [3.05, 3.63) is 72.9 Å². The minimum Gasteiger partial charge on any atom is -0.756 e. The van der Waals surface area contributed by atoms with Crippen LogP contribution >= 0.6 is 7.82 Å². The molecular formula is C68H124NO8P. The zero-order valence-electron chi connectivity index (χ0n) is 51.6. The van der Waals surface area contributed by atoms with Gasteiger partial charge in [0.05, 0.1) is 27.7 Å². The van der Waals surface area contributed by atoms with E-state index in [1.807, 2.05) is 21.1 Å². The first-order chi connectivity index (χ1) is 38.0. The van der Waals surface area contributed by atoms with Gasteiger partial charge in [0.1, 0.15) is 19.8 Å². The van der Waals surface area contributed by atoms with Crippen LogP contribution in [0.15, 0.2) is 72.9 Å². The molecule has 0 bridgehead atoms. The SMILES string of the molecule is CC/C=C\C/C=C\C/C=C\C/C=C\C/C=C\CCCCCCCCCC(=O)OC(COC(=O)CCCCCCCCCCCCCCCCCCCCC/C=C\CCCCCCCCCC)COP(=O)([O-])OCC[N+](C)(C)C. The number of carbonyl (C=O) groups is 2. The predicted octanol–water partition coefficient (Wildman–Crippen LogP) is 20.2. The van der Waals surface area contributed by atoms with E-state index in [0.29, 0.717) is 17.4 Å². The van der Waals surface area contributed by atoms with Gasteiger partial charge in [-0.1, -0.05) is 273 Å². The van der Waals surface area contributed by atoms with Gasteiger partial charge < -0.3 is 27.9 Å². The molecule has 10 heteroatoms. The van der Waals surface area contributed by atoms with Gasteiger partial charge in [-0.15, -0.1) is 0 Å². The Hall–Kier alpha value is -2.55. The van der Waals surface area contributed by atoms with E-state index in [-0.39, 0.29) is 32.0 Å². The summed E-state index contributed by atoms with van der Waals surface area (Å²) in [5.74, 6) is -0.838. The molecule has 0 saturated heterocycles. The quantitative estimate of drug-likeness (QED) is 0.0195. The number of phosphoric ester groups is 1. The topological polar surface area (TPSA) is 111 Å². The van der Waals surface area contributed by atoms with Gasteiger partial charge in [0.25, 0.3) is 7.82 Å². The number of likely N-dealkylation sites (N-methyl/N-ethyl adjacent to an activating group) is 1. The van der Waals surface area contributed by atoms with E-state index in [4.69, 9.17) is 18.5 Å². The van der Waals surface area contributed by atoms with E-state index in [1.165, 1.54) is 186 Å². The maximum absolute atomic E-state index is 12.8. The van der Waals surface area contributed by atoms with Crippen molar-refractivity contribution < 1.29 is 42.1 Å². The summed E-state index contributed by atoms with van der Waals surface area (Å²) in [6.45, 7) is 4.14. The first kappa shape index (κ1) is 75.5. The molecule has 0 aromatic rings. The van der Waals surface area contributed by atoms with Crippen LogP contribution in [0.5, 0.6) is 0 Å². The lowest BCUT2D eigenvalue weighted by molar-refractivity contribution is -0.870. The zero-order chi connectivity index (χ0) is 57.0. The van der Waals surface area contributed by atoms with Gasteiger partial charge in [0.2, 0.25) is 0 Å². The third kappa shape index (κ3) is 62.6. The van der Waals surface area contributed by atoms with E-state index in [0.717, 1.165) is 77.0 Å². The normalized spacial score (nSPS) is 13.7. The van der Waals surface area contributed by atoms with Crippen LogP contribution in [-0.2, 0) is 32.7 Å². The average Bonchev–Trinajstić information content (AvgIpc) is 3.40. The fraction of sp³-hybridized carbons (Fsp3) is 0.794. The second-order valence-electron chi connectivity index (χ2n) is 23.1. The summed E-state index contributed by atoms with van der Waals surface area (Å²) in [7, 11) is 1.16. The van der Waals surface area contributed by atoms with Gasteiger partial charge in [-0.25, -0.2) is 0 Å². The fourth-order valence-corrected chi connectivity index (χ4v) is 9.94. The van der Waals surface area contributed by atoms with Crippen LogP contribution in [-0.4, -0.2) is 70.0 Å². The Bertz CT molecular complexity index is 1550. The minimum atomic E-state index is -4.64. The van der Waals surface area contributed by atoms with Crippen molar-refractivity contribution in [3.63, 3.8) is 0 Å². The summed E-state index contributed by atoms with van der Waals surface area (Å²) in [5.41, 5.74) is 0. The molecule has 0 aliphatic heterocycles. The van der Waals surface area contributed by atoms with Crippen LogP contribution in [0.25, 0.3) is 0 Å². The molecule has 2 unspecified atom stereocenters. The number of quaternary nitrogens is 1. The summed E-state index contributed by atoms with van der Waals surface area (Å²) in [5, 5.41) is 0. The number of ether oxygens (including phenoxy) is 2. The zero-order valence-corrected chi connectivity index (χ0v) is 52.5. The Kier molecular flexibility index (Phi) is 57.2. The Morgan fingerprint density at radius 2 is 0.731 bits per heavy atom. The van der Waals surface area contributed by atoms with Crippen LogP contribution in [0, 0.1) is 0 Å². The Labute approximate surface area is 482 Å². The van der Waals surface area contributed by atoms with Crippen LogP contribution in [0.1, 0.15) is 296 Å². The third-order valence-electron chi connectivity index (χ3n) is 14.2. The van der Waals surface area contributed by atoms with Crippen LogP contribution in [0.4, 0.5) is 0 Å². The van der Waals surface area contributed by atoms with E-state index in [1.54, 1.807) is 0 Å². The molecule has 78 heavy (non-hydrogen) atoms. The number of rotatable bonds is 60. The fourth-order valence-electron chi connectivity index (χ4n) is 9.21. The van der Waals surface area contributed by atoms with Crippen LogP contribution in [0.3, 0.4) is 0 Å². The molecule has 0 fully saturated rings. The van der Waals surface area contributed by atoms with Gasteiger partial charge in [-0.05, 0) is 83.5 Å². The summed E-state index contributed by atoms with van der Waals surface area (Å²) in [6, 6.07) is 0. The number of allylic oxidation sites excluding steroid dienone is 12. The summed E-state index contributed by atoms with van der Waals surface area (Å²) >= 11 is 0. The largest absolute Gasteiger partial charge is 0.756 e. The summed E-state index contributed by atoms with van der Waals surface area (Å²) < 4.78 is 34.2. The molecule has 0 aromatic heterocycles. The van der Waals surface area contributed by atoms with Crippen LogP contribution in [0.2, 0.25) is 0 Å². The highest BCUT2D eigenvalue weighted by Crippen LogP contribution is 2.38. The standard InChI is InChI=1S/C68H124NO8P/c1-6-8-10-12-14-16-18-20-22-24-26-28-30-31-32-33-34-35-36-37-39-40-42-44-46-48-50-52-54-56-58-60-67(70)74-64-66(65-76-78(72,73)75-63-62-69(3,4)5)77-68(71)61-59-57-55-53-51-49-47-45-43-41-38-29-27-25-23-21-19-17-15-13-11-9-7-2/h9,11,15,17,21,23-24,26-27,29,41,43,66H,6-8,10,12-14,16,18-20,22,25,28,30-40,42,44-65H2,1-5H3/b11-9-,17-15-,23-21-,26-24-,29-27-,43-41-. The monoisotopic (exact) mass is 1110 g/mol. The second-order valence-corrected chi connectivity index (χ2v) is 24.5. The van der Waals surface area contributed by atoms with Crippen molar-refractivity contribution in [2.75, 3.05) is 47.5 Å². The van der Waals surface area contributed by atoms with Gasteiger partial charge in [0.15, 0.2) is 6.10 Å². The lowest BCUT2D eigenvalue weighted by Crippen LogP contribution is -2.37. The molecule has 0 spiro atoms. The lowest BCUT2D eigenvalue weighted by atomic mass is 10.0. The number of hydrogen-bond donors (Lipinski definition) is 0. The molecule has 454 valence electrons. The van der Waals surface area contributed by atoms with Gasteiger partial charge in [-0.2, -0.15) is 0 Å². The summed E-state index contributed by atoms with van der Waals surface area (Å²) in [4.78, 5) is 38.0. The maximum Gasteiger partial charge on any atom is 0.306 e. The molecule has 0 radical (unpaired) electrons. The third-order valence-corrected chi connectivity index (χ3v) is 15.2. The number of nitrogens with zero attached hydrogens (tertiary/aromatic N) is 1. The Morgan fingerprint density at radius 1 is 0.410 bits per heavy atom. The first-order valence-electron chi connectivity index (χ1n) is 32.6. The number of unbranched alkanes of at least 4 members (excludes halogenated alkanes) is 34. The predicted molar refractivity (Wildman–Crippen MR) is 333 cm³/mol. The van der Waals surface area contributed by atoms with Crippen molar-refractivity contribution in [1.29, 1.82) is 0 Å². The summed E-state index contributed by atoms with van der Waals surface area (Å²) in [6.07, 6.45) is 78.3. The number of esters is 2. The van der Waals surface area contributed by atoms with E-state index in [2.05, 4.69) is 86.8 Å². The number of hydrogen-bond acceptors (Lipinski definition) is 8. The molecular weight excluding hydrogens is 990 g/mol. The van der Waals surface area contributed by atoms with E-state index in [9.17, 15) is 19.0 Å². The molecule has 0 N–H and O–H groups in total. The maximum atomic E-state index is 12.8. The highest BCUT2D eigenvalue weighted by atomic mass is 31.2. The van der Waals surface area contributed by atoms with Crippen molar-refractivity contribution >= 4 is 19.8 Å². The number of carbonyl (C=O) groups excluding carboxylic acids is 2. The van der Waals surface area contributed by atoms with Gasteiger partial charge in [-0.3, -0.25) is 14.2 Å². The van der Waals surface area contributed by atoms with Crippen LogP contribution < -0.4 is 4.89 Å². The van der Waals surface area contributed by atoms with E-state index < -0.39 is 26.5 Å². The smallest absolute Gasteiger partial charge is 0.306 e. The Morgan fingerprint density at radius 3 is 1.10 bits per heavy atom.